The van der Waals surface area contributed by atoms with E-state index in [9.17, 15) is 0 Å². The van der Waals surface area contributed by atoms with Crippen molar-refractivity contribution in [2.75, 3.05) is 26.0 Å². The zero-order chi connectivity index (χ0) is 14.3. The minimum Gasteiger partial charge on any atom is -0.378 e. The minimum atomic E-state index is 0.963. The summed E-state index contributed by atoms with van der Waals surface area (Å²) in [6, 6.07) is 6.65. The van der Waals surface area contributed by atoms with Gasteiger partial charge in [0.2, 0.25) is 0 Å². The van der Waals surface area contributed by atoms with Crippen LogP contribution >= 0.6 is 0 Å². The van der Waals surface area contributed by atoms with E-state index in [1.54, 1.807) is 4.49 Å². The molecular formula is C17H18BN2+. The van der Waals surface area contributed by atoms with E-state index in [4.69, 9.17) is 7.98 Å². The molecule has 0 bridgehead atoms. The van der Waals surface area contributed by atoms with Crippen LogP contribution in [0.1, 0.15) is 11.1 Å². The fraction of sp³-hybridized carbons (Fsp3) is 0.235. The first-order valence-corrected chi connectivity index (χ1v) is 6.81. The van der Waals surface area contributed by atoms with Gasteiger partial charge in [-0.3, -0.25) is 0 Å². The summed E-state index contributed by atoms with van der Waals surface area (Å²) in [5.74, 6) is 0. The van der Waals surface area contributed by atoms with E-state index in [1.807, 2.05) is 7.05 Å². The van der Waals surface area contributed by atoms with E-state index in [0.717, 1.165) is 12.1 Å². The van der Waals surface area contributed by atoms with Crippen molar-refractivity contribution in [2.24, 2.45) is 0 Å². The number of hydrogen-bond donors (Lipinski definition) is 0. The molecule has 0 saturated carbocycles. The molecule has 2 radical (unpaired) electrons. The normalized spacial score (nSPS) is 18.8. The maximum Gasteiger partial charge on any atom is 0.580 e. The van der Waals surface area contributed by atoms with Gasteiger partial charge in [-0.2, -0.15) is 0 Å². The molecule has 0 saturated heterocycles. The Hall–Kier alpha value is -2.03. The Balaban J connectivity index is 2.06. The fourth-order valence-corrected chi connectivity index (χ4v) is 2.64. The molecule has 1 aromatic carbocycles. The lowest BCUT2D eigenvalue weighted by molar-refractivity contribution is -0.332. The number of hydrogen-bond acceptors (Lipinski definition) is 1. The highest BCUT2D eigenvalue weighted by Gasteiger charge is 2.19. The average molecular weight is 261 g/mol. The van der Waals surface area contributed by atoms with Crippen molar-refractivity contribution < 1.29 is 4.49 Å². The first-order valence-electron chi connectivity index (χ1n) is 6.81. The molecule has 0 unspecified atom stereocenters. The molecule has 0 heterocycles. The molecule has 0 aliphatic heterocycles. The highest BCUT2D eigenvalue weighted by molar-refractivity contribution is 6.10. The lowest BCUT2D eigenvalue weighted by Crippen LogP contribution is -2.16. The van der Waals surface area contributed by atoms with Crippen molar-refractivity contribution in [3.63, 3.8) is 0 Å². The van der Waals surface area contributed by atoms with Crippen molar-refractivity contribution in [3.05, 3.63) is 58.7 Å². The summed E-state index contributed by atoms with van der Waals surface area (Å²) >= 11 is 0. The molecule has 2 aliphatic carbocycles. The van der Waals surface area contributed by atoms with Gasteiger partial charge >= 0.3 is 7.98 Å². The van der Waals surface area contributed by atoms with Gasteiger partial charge in [0.15, 0.2) is 5.71 Å². The Morgan fingerprint density at radius 1 is 1.15 bits per heavy atom. The third-order valence-corrected chi connectivity index (χ3v) is 3.87. The predicted molar refractivity (Wildman–Crippen MR) is 86.6 cm³/mol. The Bertz CT molecular complexity index is 687. The first-order chi connectivity index (χ1) is 9.54. The largest absolute Gasteiger partial charge is 0.580 e. The molecular weight excluding hydrogens is 243 g/mol. The molecule has 3 heteroatoms. The zero-order valence-corrected chi connectivity index (χ0v) is 12.2. The molecule has 20 heavy (non-hydrogen) atoms. The van der Waals surface area contributed by atoms with Crippen LogP contribution in [0.5, 0.6) is 0 Å². The van der Waals surface area contributed by atoms with Crippen LogP contribution in [0.2, 0.25) is 0 Å². The van der Waals surface area contributed by atoms with Crippen LogP contribution in [0, 0.1) is 0 Å². The summed E-state index contributed by atoms with van der Waals surface area (Å²) in [4.78, 5) is 2.14. The molecule has 98 valence electrons. The molecule has 3 rings (SSSR count). The van der Waals surface area contributed by atoms with E-state index >= 15 is 0 Å². The molecule has 0 N–H and O–H groups in total. The van der Waals surface area contributed by atoms with Gasteiger partial charge in [0.1, 0.15) is 7.05 Å². The predicted octanol–water partition coefficient (Wildman–Crippen LogP) is 2.36. The lowest BCUT2D eigenvalue weighted by atomic mass is 9.84. The average Bonchev–Trinajstić information content (AvgIpc) is 2.43. The van der Waals surface area contributed by atoms with Crippen molar-refractivity contribution in [1.29, 1.82) is 0 Å². The van der Waals surface area contributed by atoms with Gasteiger partial charge in [-0.1, -0.05) is 6.07 Å². The number of anilines is 1. The van der Waals surface area contributed by atoms with E-state index in [0.29, 0.717) is 0 Å². The molecule has 0 spiro atoms. The van der Waals surface area contributed by atoms with Crippen LogP contribution in [0.3, 0.4) is 0 Å². The van der Waals surface area contributed by atoms with Crippen LogP contribution in [-0.2, 0) is 6.42 Å². The summed E-state index contributed by atoms with van der Waals surface area (Å²) < 4.78 is 1.66. The SMILES string of the molecule is [B][N+](C)=C1C=CC2=Cc3ccc(N(C)C)cc3CC2=C1. The number of allylic oxidation sites excluding steroid dienone is 5. The minimum absolute atomic E-state index is 0.963. The van der Waals surface area contributed by atoms with Crippen LogP contribution in [0.4, 0.5) is 5.69 Å². The van der Waals surface area contributed by atoms with Gasteiger partial charge in [-0.05, 0) is 53.0 Å². The van der Waals surface area contributed by atoms with E-state index < -0.39 is 0 Å². The van der Waals surface area contributed by atoms with Gasteiger partial charge < -0.3 is 9.39 Å². The quantitative estimate of drug-likeness (QED) is 0.703. The second kappa shape index (κ2) is 4.82. The lowest BCUT2D eigenvalue weighted by Gasteiger charge is -2.22. The second-order valence-corrected chi connectivity index (χ2v) is 5.59. The molecule has 0 atom stereocenters. The third-order valence-electron chi connectivity index (χ3n) is 3.87. The Kier molecular flexibility index (Phi) is 3.13. The monoisotopic (exact) mass is 261 g/mol. The van der Waals surface area contributed by atoms with Crippen molar-refractivity contribution >= 4 is 25.5 Å². The summed E-state index contributed by atoms with van der Waals surface area (Å²) in [5.41, 5.74) is 7.61. The van der Waals surface area contributed by atoms with E-state index in [-0.39, 0.29) is 0 Å². The summed E-state index contributed by atoms with van der Waals surface area (Å²) in [6.45, 7) is 0. The van der Waals surface area contributed by atoms with Crippen LogP contribution in [0.15, 0.2) is 47.6 Å². The second-order valence-electron chi connectivity index (χ2n) is 5.59. The molecule has 0 amide bonds. The third kappa shape index (κ3) is 2.24. The first kappa shape index (κ1) is 13.0. The molecule has 2 aliphatic rings. The van der Waals surface area contributed by atoms with Crippen molar-refractivity contribution in [2.45, 2.75) is 6.42 Å². The van der Waals surface area contributed by atoms with Gasteiger partial charge in [-0.15, -0.1) is 0 Å². The van der Waals surface area contributed by atoms with E-state index in [2.05, 4.69) is 61.5 Å². The van der Waals surface area contributed by atoms with Crippen molar-refractivity contribution in [1.82, 2.24) is 0 Å². The molecule has 1 aromatic rings. The molecule has 0 aromatic heterocycles. The summed E-state index contributed by atoms with van der Waals surface area (Å²) in [7, 11) is 11.8. The van der Waals surface area contributed by atoms with Gasteiger partial charge in [0.25, 0.3) is 0 Å². The highest BCUT2D eigenvalue weighted by Crippen LogP contribution is 2.32. The summed E-state index contributed by atoms with van der Waals surface area (Å²) in [6.07, 6.45) is 9.61. The van der Waals surface area contributed by atoms with Crippen LogP contribution < -0.4 is 4.90 Å². The maximum absolute atomic E-state index is 5.82. The topological polar surface area (TPSA) is 6.25 Å². The van der Waals surface area contributed by atoms with E-state index in [1.165, 1.54) is 28.0 Å². The Morgan fingerprint density at radius 3 is 2.65 bits per heavy atom. The number of rotatable bonds is 1. The Morgan fingerprint density at radius 2 is 1.95 bits per heavy atom. The van der Waals surface area contributed by atoms with Gasteiger partial charge in [0.05, 0.1) is 0 Å². The number of fused-ring (bicyclic) bond motifs is 2. The molecule has 0 fully saturated rings. The van der Waals surface area contributed by atoms with Gasteiger partial charge in [-0.25, -0.2) is 0 Å². The molecule has 2 nitrogen and oxygen atoms in total. The van der Waals surface area contributed by atoms with Crippen LogP contribution in [0.25, 0.3) is 6.08 Å². The highest BCUT2D eigenvalue weighted by atomic mass is 15.1. The smallest absolute Gasteiger partial charge is 0.378 e. The number of nitrogens with zero attached hydrogens (tertiary/aromatic N) is 2. The fourth-order valence-electron chi connectivity index (χ4n) is 2.64. The maximum atomic E-state index is 5.82. The zero-order valence-electron chi connectivity index (χ0n) is 12.2. The standard InChI is InChI=1S/C17H18BN2/c1-19(2)16-6-4-12-8-13-5-7-17(20(3)18)11-15(13)9-14(12)10-16/h4-8,10-11H,9H2,1-3H3/q+1. The Labute approximate surface area is 121 Å². The number of benzene rings is 1. The van der Waals surface area contributed by atoms with Gasteiger partial charge in [0, 0.05) is 31.9 Å². The summed E-state index contributed by atoms with van der Waals surface area (Å²) in [5, 5.41) is 0. The van der Waals surface area contributed by atoms with Crippen LogP contribution in [-0.4, -0.2) is 39.3 Å². The van der Waals surface area contributed by atoms with Crippen molar-refractivity contribution in [3.8, 4) is 0 Å².